The average Bonchev–Trinajstić information content (AvgIpc) is 2.93. The molecule has 2 rings (SSSR count). The molecule has 17 heavy (non-hydrogen) atoms. The molecule has 0 aromatic heterocycles. The predicted octanol–water partition coefficient (Wildman–Crippen LogP) is 3.67. The first-order valence-electron chi connectivity index (χ1n) is 5.74. The fourth-order valence-electron chi connectivity index (χ4n) is 2.31. The Bertz CT molecular complexity index is 425. The minimum absolute atomic E-state index is 0.132. The van der Waals surface area contributed by atoms with Crippen LogP contribution in [0.4, 0.5) is 13.2 Å². The molecule has 1 aromatic rings. The number of aryl methyl sites for hydroxylation is 1. The van der Waals surface area contributed by atoms with E-state index in [4.69, 9.17) is 5.73 Å². The number of hydrogen-bond donors (Lipinski definition) is 1. The Balaban J connectivity index is 2.26. The second-order valence-electron chi connectivity index (χ2n) is 4.97. The zero-order valence-electron chi connectivity index (χ0n) is 9.88. The predicted molar refractivity (Wildman–Crippen MR) is 60.4 cm³/mol. The molecule has 0 amide bonds. The first-order valence-corrected chi connectivity index (χ1v) is 5.74. The van der Waals surface area contributed by atoms with Gasteiger partial charge in [-0.1, -0.05) is 13.0 Å². The molecule has 1 aliphatic carbocycles. The maximum absolute atomic E-state index is 12.5. The van der Waals surface area contributed by atoms with Crippen molar-refractivity contribution < 1.29 is 13.2 Å². The standard InChI is InChI=1S/C13H16F3N/c1-7-5-9(13(14,15)16)3-4-10(7)12(17)11-6-8(11)2/h3-5,8,11-12H,6,17H2,1-2H3. The Kier molecular flexibility index (Phi) is 2.94. The van der Waals surface area contributed by atoms with Gasteiger partial charge in [0.15, 0.2) is 0 Å². The molecule has 2 N–H and O–H groups in total. The van der Waals surface area contributed by atoms with Gasteiger partial charge < -0.3 is 5.73 Å². The molecule has 0 spiro atoms. The van der Waals surface area contributed by atoms with Crippen LogP contribution in [0, 0.1) is 18.8 Å². The lowest BCUT2D eigenvalue weighted by atomic mass is 9.95. The summed E-state index contributed by atoms with van der Waals surface area (Å²) in [6.45, 7) is 3.81. The molecule has 1 fully saturated rings. The third-order valence-corrected chi connectivity index (χ3v) is 3.59. The van der Waals surface area contributed by atoms with Crippen molar-refractivity contribution in [3.8, 4) is 0 Å². The van der Waals surface area contributed by atoms with E-state index in [1.807, 2.05) is 0 Å². The average molecular weight is 243 g/mol. The monoisotopic (exact) mass is 243 g/mol. The first kappa shape index (κ1) is 12.4. The zero-order valence-corrected chi connectivity index (χ0v) is 9.88. The maximum atomic E-state index is 12.5. The minimum atomic E-state index is -4.28. The number of nitrogens with two attached hydrogens (primary N) is 1. The summed E-state index contributed by atoms with van der Waals surface area (Å²) in [5, 5.41) is 0. The molecule has 4 heteroatoms. The summed E-state index contributed by atoms with van der Waals surface area (Å²) in [5.41, 5.74) is 6.94. The van der Waals surface area contributed by atoms with Crippen LogP contribution in [-0.4, -0.2) is 0 Å². The molecular formula is C13H16F3N. The molecule has 0 aliphatic heterocycles. The summed E-state index contributed by atoms with van der Waals surface area (Å²) >= 11 is 0. The number of benzene rings is 1. The van der Waals surface area contributed by atoms with Crippen LogP contribution in [-0.2, 0) is 6.18 Å². The van der Waals surface area contributed by atoms with Gasteiger partial charge in [0, 0.05) is 6.04 Å². The van der Waals surface area contributed by atoms with Crippen molar-refractivity contribution in [2.24, 2.45) is 17.6 Å². The number of rotatable bonds is 2. The van der Waals surface area contributed by atoms with Crippen molar-refractivity contribution >= 4 is 0 Å². The highest BCUT2D eigenvalue weighted by Crippen LogP contribution is 2.46. The van der Waals surface area contributed by atoms with Crippen molar-refractivity contribution in [1.29, 1.82) is 0 Å². The van der Waals surface area contributed by atoms with E-state index in [-0.39, 0.29) is 6.04 Å². The summed E-state index contributed by atoms with van der Waals surface area (Å²) in [6, 6.07) is 3.69. The summed E-state index contributed by atoms with van der Waals surface area (Å²) in [7, 11) is 0. The second kappa shape index (κ2) is 4.02. The lowest BCUT2D eigenvalue weighted by Crippen LogP contribution is -2.16. The summed E-state index contributed by atoms with van der Waals surface area (Å²) in [4.78, 5) is 0. The normalized spacial score (nSPS) is 25.8. The van der Waals surface area contributed by atoms with Gasteiger partial charge in [-0.3, -0.25) is 0 Å². The number of alkyl halides is 3. The fourth-order valence-corrected chi connectivity index (χ4v) is 2.31. The zero-order chi connectivity index (χ0) is 12.8. The van der Waals surface area contributed by atoms with Gasteiger partial charge in [-0.15, -0.1) is 0 Å². The minimum Gasteiger partial charge on any atom is -0.324 e. The molecular weight excluding hydrogens is 227 g/mol. The lowest BCUT2D eigenvalue weighted by molar-refractivity contribution is -0.137. The molecule has 1 saturated carbocycles. The third kappa shape index (κ3) is 2.46. The van der Waals surface area contributed by atoms with Crippen LogP contribution in [0.5, 0.6) is 0 Å². The molecule has 0 heterocycles. The summed E-state index contributed by atoms with van der Waals surface area (Å²) in [6.07, 6.45) is -3.21. The SMILES string of the molecule is Cc1cc(C(F)(F)F)ccc1C(N)C1CC1C. The fraction of sp³-hybridized carbons (Fsp3) is 0.538. The highest BCUT2D eigenvalue weighted by atomic mass is 19.4. The molecule has 3 unspecified atom stereocenters. The van der Waals surface area contributed by atoms with Crippen molar-refractivity contribution in [3.63, 3.8) is 0 Å². The van der Waals surface area contributed by atoms with Crippen LogP contribution in [0.25, 0.3) is 0 Å². The summed E-state index contributed by atoms with van der Waals surface area (Å²) in [5.74, 6) is 1.01. The Morgan fingerprint density at radius 1 is 1.35 bits per heavy atom. The topological polar surface area (TPSA) is 26.0 Å². The quantitative estimate of drug-likeness (QED) is 0.842. The number of halogens is 3. The van der Waals surface area contributed by atoms with E-state index in [0.717, 1.165) is 18.1 Å². The Morgan fingerprint density at radius 2 is 1.94 bits per heavy atom. The van der Waals surface area contributed by atoms with E-state index in [1.54, 1.807) is 6.92 Å². The van der Waals surface area contributed by atoms with Gasteiger partial charge in [0.2, 0.25) is 0 Å². The van der Waals surface area contributed by atoms with Gasteiger partial charge in [-0.2, -0.15) is 13.2 Å². The first-order chi connectivity index (χ1) is 7.80. The van der Waals surface area contributed by atoms with E-state index in [0.29, 0.717) is 17.4 Å². The molecule has 0 radical (unpaired) electrons. The van der Waals surface area contributed by atoms with Gasteiger partial charge in [-0.05, 0) is 48.4 Å². The molecule has 1 nitrogen and oxygen atoms in total. The van der Waals surface area contributed by atoms with E-state index >= 15 is 0 Å². The molecule has 94 valence electrons. The lowest BCUT2D eigenvalue weighted by Gasteiger charge is -2.16. The van der Waals surface area contributed by atoms with E-state index < -0.39 is 11.7 Å². The van der Waals surface area contributed by atoms with Gasteiger partial charge in [-0.25, -0.2) is 0 Å². The van der Waals surface area contributed by atoms with Crippen molar-refractivity contribution in [3.05, 3.63) is 34.9 Å². The van der Waals surface area contributed by atoms with Crippen LogP contribution >= 0.6 is 0 Å². The second-order valence-corrected chi connectivity index (χ2v) is 4.97. The van der Waals surface area contributed by atoms with Crippen LogP contribution in [0.3, 0.4) is 0 Å². The van der Waals surface area contributed by atoms with E-state index in [9.17, 15) is 13.2 Å². The smallest absolute Gasteiger partial charge is 0.324 e. The van der Waals surface area contributed by atoms with Crippen molar-refractivity contribution in [2.45, 2.75) is 32.5 Å². The van der Waals surface area contributed by atoms with Crippen LogP contribution in [0.1, 0.15) is 36.1 Å². The number of hydrogen-bond acceptors (Lipinski definition) is 1. The third-order valence-electron chi connectivity index (χ3n) is 3.59. The molecule has 1 aliphatic rings. The Morgan fingerprint density at radius 3 is 2.35 bits per heavy atom. The van der Waals surface area contributed by atoms with Crippen molar-refractivity contribution in [1.82, 2.24) is 0 Å². The maximum Gasteiger partial charge on any atom is 0.416 e. The van der Waals surface area contributed by atoms with Gasteiger partial charge in [0.1, 0.15) is 0 Å². The molecule has 0 bridgehead atoms. The molecule has 0 saturated heterocycles. The Labute approximate surface area is 98.8 Å². The van der Waals surface area contributed by atoms with Gasteiger partial charge in [0.05, 0.1) is 5.56 Å². The Hall–Kier alpha value is -1.03. The van der Waals surface area contributed by atoms with Crippen molar-refractivity contribution in [2.75, 3.05) is 0 Å². The van der Waals surface area contributed by atoms with Crippen LogP contribution in [0.2, 0.25) is 0 Å². The van der Waals surface area contributed by atoms with Crippen LogP contribution < -0.4 is 5.73 Å². The van der Waals surface area contributed by atoms with Crippen LogP contribution in [0.15, 0.2) is 18.2 Å². The highest BCUT2D eigenvalue weighted by molar-refractivity contribution is 5.35. The van der Waals surface area contributed by atoms with E-state index in [2.05, 4.69) is 6.92 Å². The van der Waals surface area contributed by atoms with Gasteiger partial charge >= 0.3 is 6.18 Å². The summed E-state index contributed by atoms with van der Waals surface area (Å²) < 4.78 is 37.5. The van der Waals surface area contributed by atoms with Gasteiger partial charge in [0.25, 0.3) is 0 Å². The largest absolute Gasteiger partial charge is 0.416 e. The highest BCUT2D eigenvalue weighted by Gasteiger charge is 2.39. The molecule has 1 aromatic carbocycles. The molecule has 3 atom stereocenters. The van der Waals surface area contributed by atoms with E-state index in [1.165, 1.54) is 12.1 Å².